The van der Waals surface area contributed by atoms with Gasteiger partial charge in [0, 0.05) is 0 Å². The zero-order valence-corrected chi connectivity index (χ0v) is 10.2. The van der Waals surface area contributed by atoms with Gasteiger partial charge in [-0.25, -0.2) is 0 Å². The zero-order valence-electron chi connectivity index (χ0n) is 10.2. The molecule has 1 aromatic rings. The molecule has 0 saturated carbocycles. The monoisotopic (exact) mass is 202 g/mol. The van der Waals surface area contributed by atoms with E-state index in [4.69, 9.17) is 0 Å². The summed E-state index contributed by atoms with van der Waals surface area (Å²) >= 11 is 0. The standard InChI is InChI=1S/C15H22/c1-5-12-9-10-15(13(6-2)7-3)14(8-4)11-12/h8-11,13H,4-7H2,1-3H3. The Hall–Kier alpha value is -1.04. The molecule has 0 N–H and O–H groups in total. The van der Waals surface area contributed by atoms with Gasteiger partial charge in [-0.2, -0.15) is 0 Å². The maximum atomic E-state index is 3.92. The van der Waals surface area contributed by atoms with Gasteiger partial charge in [0.25, 0.3) is 0 Å². The third kappa shape index (κ3) is 2.71. The van der Waals surface area contributed by atoms with Crippen molar-refractivity contribution in [2.24, 2.45) is 0 Å². The van der Waals surface area contributed by atoms with Gasteiger partial charge in [-0.3, -0.25) is 0 Å². The number of benzene rings is 1. The van der Waals surface area contributed by atoms with Gasteiger partial charge >= 0.3 is 0 Å². The van der Waals surface area contributed by atoms with Crippen LogP contribution in [0.1, 0.15) is 56.2 Å². The highest BCUT2D eigenvalue weighted by Crippen LogP contribution is 2.27. The molecule has 0 bridgehead atoms. The molecule has 0 atom stereocenters. The van der Waals surface area contributed by atoms with Gasteiger partial charge in [-0.15, -0.1) is 0 Å². The number of hydrogen-bond donors (Lipinski definition) is 0. The summed E-state index contributed by atoms with van der Waals surface area (Å²) in [5, 5.41) is 0. The van der Waals surface area contributed by atoms with Crippen LogP contribution >= 0.6 is 0 Å². The smallest absolute Gasteiger partial charge is 0.0161 e. The zero-order chi connectivity index (χ0) is 11.3. The number of hydrogen-bond acceptors (Lipinski definition) is 0. The molecule has 0 unspecified atom stereocenters. The molecular formula is C15H22. The van der Waals surface area contributed by atoms with Gasteiger partial charge in [0.1, 0.15) is 0 Å². The SMILES string of the molecule is C=Cc1cc(CC)ccc1C(CC)CC. The summed E-state index contributed by atoms with van der Waals surface area (Å²) in [6.07, 6.45) is 5.52. The topological polar surface area (TPSA) is 0 Å². The molecule has 1 rings (SSSR count). The van der Waals surface area contributed by atoms with Crippen molar-refractivity contribution in [1.82, 2.24) is 0 Å². The highest BCUT2D eigenvalue weighted by Gasteiger charge is 2.10. The lowest BCUT2D eigenvalue weighted by atomic mass is 9.89. The van der Waals surface area contributed by atoms with Crippen LogP contribution in [0.4, 0.5) is 0 Å². The Balaban J connectivity index is 3.11. The quantitative estimate of drug-likeness (QED) is 0.643. The Morgan fingerprint density at radius 1 is 1.20 bits per heavy atom. The summed E-state index contributed by atoms with van der Waals surface area (Å²) in [5.74, 6) is 0.684. The molecule has 0 amide bonds. The van der Waals surface area contributed by atoms with Crippen LogP contribution in [-0.2, 0) is 6.42 Å². The van der Waals surface area contributed by atoms with Gasteiger partial charge in [-0.1, -0.05) is 51.6 Å². The number of aryl methyl sites for hydroxylation is 1. The molecule has 0 aliphatic heterocycles. The highest BCUT2D eigenvalue weighted by molar-refractivity contribution is 5.54. The Bertz CT molecular complexity index is 319. The molecule has 0 saturated heterocycles. The first-order valence-corrected chi connectivity index (χ1v) is 6.02. The molecule has 0 aliphatic carbocycles. The molecule has 0 aromatic heterocycles. The minimum atomic E-state index is 0.684. The molecular weight excluding hydrogens is 180 g/mol. The van der Waals surface area contributed by atoms with Crippen molar-refractivity contribution >= 4 is 6.08 Å². The average Bonchev–Trinajstić information content (AvgIpc) is 2.31. The summed E-state index contributed by atoms with van der Waals surface area (Å²) in [4.78, 5) is 0. The van der Waals surface area contributed by atoms with E-state index in [0.717, 1.165) is 6.42 Å². The third-order valence-corrected chi connectivity index (χ3v) is 3.20. The second-order valence-electron chi connectivity index (χ2n) is 4.03. The lowest BCUT2D eigenvalue weighted by Gasteiger charge is -2.16. The largest absolute Gasteiger partial charge is 0.0985 e. The van der Waals surface area contributed by atoms with Gasteiger partial charge in [0.15, 0.2) is 0 Å². The van der Waals surface area contributed by atoms with E-state index in [-0.39, 0.29) is 0 Å². The van der Waals surface area contributed by atoms with E-state index in [1.165, 1.54) is 29.5 Å². The van der Waals surface area contributed by atoms with Crippen LogP contribution in [0.5, 0.6) is 0 Å². The maximum Gasteiger partial charge on any atom is -0.0161 e. The normalized spacial score (nSPS) is 10.7. The second-order valence-corrected chi connectivity index (χ2v) is 4.03. The minimum absolute atomic E-state index is 0.684. The Morgan fingerprint density at radius 3 is 2.33 bits per heavy atom. The van der Waals surface area contributed by atoms with Crippen LogP contribution in [-0.4, -0.2) is 0 Å². The molecule has 0 aliphatic rings. The predicted molar refractivity (Wildman–Crippen MR) is 69.2 cm³/mol. The van der Waals surface area contributed by atoms with Crippen molar-refractivity contribution in [3.63, 3.8) is 0 Å². The van der Waals surface area contributed by atoms with Crippen LogP contribution in [0.25, 0.3) is 6.08 Å². The van der Waals surface area contributed by atoms with Crippen molar-refractivity contribution in [2.75, 3.05) is 0 Å². The molecule has 15 heavy (non-hydrogen) atoms. The van der Waals surface area contributed by atoms with E-state index in [9.17, 15) is 0 Å². The first-order valence-electron chi connectivity index (χ1n) is 6.02. The Kier molecular flexibility index (Phi) is 4.61. The van der Waals surface area contributed by atoms with E-state index in [2.05, 4.69) is 45.5 Å². The maximum absolute atomic E-state index is 3.92. The van der Waals surface area contributed by atoms with E-state index < -0.39 is 0 Å². The lowest BCUT2D eigenvalue weighted by molar-refractivity contribution is 0.640. The van der Waals surface area contributed by atoms with Crippen LogP contribution in [0.15, 0.2) is 24.8 Å². The summed E-state index contributed by atoms with van der Waals surface area (Å²) in [7, 11) is 0. The lowest BCUT2D eigenvalue weighted by Crippen LogP contribution is -1.99. The van der Waals surface area contributed by atoms with E-state index in [1.54, 1.807) is 0 Å². The van der Waals surface area contributed by atoms with Crippen molar-refractivity contribution < 1.29 is 0 Å². The van der Waals surface area contributed by atoms with Crippen LogP contribution in [0.2, 0.25) is 0 Å². The van der Waals surface area contributed by atoms with Gasteiger partial charge in [0.2, 0.25) is 0 Å². The second kappa shape index (κ2) is 5.75. The predicted octanol–water partition coefficient (Wildman–Crippen LogP) is 4.80. The van der Waals surface area contributed by atoms with E-state index >= 15 is 0 Å². The molecule has 0 nitrogen and oxygen atoms in total. The van der Waals surface area contributed by atoms with Crippen LogP contribution < -0.4 is 0 Å². The van der Waals surface area contributed by atoms with Crippen LogP contribution in [0, 0.1) is 0 Å². The summed E-state index contributed by atoms with van der Waals surface area (Å²) in [5.41, 5.74) is 4.19. The first-order chi connectivity index (χ1) is 7.26. The fourth-order valence-corrected chi connectivity index (χ4v) is 2.12. The fourth-order valence-electron chi connectivity index (χ4n) is 2.12. The molecule has 82 valence electrons. The number of rotatable bonds is 5. The van der Waals surface area contributed by atoms with Gasteiger partial charge in [0.05, 0.1) is 0 Å². The summed E-state index contributed by atoms with van der Waals surface area (Å²) in [6.45, 7) is 10.6. The van der Waals surface area contributed by atoms with Gasteiger partial charge < -0.3 is 0 Å². The fraction of sp³-hybridized carbons (Fsp3) is 0.467. The molecule has 1 aromatic carbocycles. The van der Waals surface area contributed by atoms with Crippen molar-refractivity contribution in [3.8, 4) is 0 Å². The molecule has 0 radical (unpaired) electrons. The molecule has 0 spiro atoms. The van der Waals surface area contributed by atoms with E-state index in [0.29, 0.717) is 5.92 Å². The van der Waals surface area contributed by atoms with Crippen molar-refractivity contribution in [1.29, 1.82) is 0 Å². The van der Waals surface area contributed by atoms with Gasteiger partial charge in [-0.05, 0) is 41.9 Å². The minimum Gasteiger partial charge on any atom is -0.0985 e. The molecule has 0 heterocycles. The third-order valence-electron chi connectivity index (χ3n) is 3.20. The Labute approximate surface area is 94.0 Å². The van der Waals surface area contributed by atoms with E-state index in [1.807, 2.05) is 6.08 Å². The first kappa shape index (κ1) is 12.0. The Morgan fingerprint density at radius 2 is 1.87 bits per heavy atom. The highest BCUT2D eigenvalue weighted by atomic mass is 14.1. The summed E-state index contributed by atoms with van der Waals surface area (Å²) in [6, 6.07) is 6.81. The van der Waals surface area contributed by atoms with Crippen LogP contribution in [0.3, 0.4) is 0 Å². The molecule has 0 heteroatoms. The van der Waals surface area contributed by atoms with Crippen molar-refractivity contribution in [2.45, 2.75) is 46.0 Å². The van der Waals surface area contributed by atoms with Crippen molar-refractivity contribution in [3.05, 3.63) is 41.5 Å². The summed E-state index contributed by atoms with van der Waals surface area (Å²) < 4.78 is 0. The average molecular weight is 202 g/mol. The molecule has 0 fully saturated rings.